The Labute approximate surface area is 109 Å². The van der Waals surface area contributed by atoms with Crippen molar-refractivity contribution in [3.8, 4) is 0 Å². The summed E-state index contributed by atoms with van der Waals surface area (Å²) in [4.78, 5) is 0. The van der Waals surface area contributed by atoms with E-state index >= 15 is 0 Å². The second kappa shape index (κ2) is 7.70. The minimum Gasteiger partial charge on any atom is -0.379 e. The maximum atomic E-state index is 5.96. The van der Waals surface area contributed by atoms with Gasteiger partial charge in [0, 0.05) is 17.7 Å². The molecule has 1 unspecified atom stereocenters. The Morgan fingerprint density at radius 1 is 1.29 bits per heavy atom. The summed E-state index contributed by atoms with van der Waals surface area (Å²) in [6, 6.07) is 8.30. The van der Waals surface area contributed by atoms with Crippen molar-refractivity contribution >= 4 is 11.6 Å². The van der Waals surface area contributed by atoms with Gasteiger partial charge < -0.3 is 10.1 Å². The molecule has 0 bridgehead atoms. The molecule has 1 atom stereocenters. The quantitative estimate of drug-likeness (QED) is 0.749. The van der Waals surface area contributed by atoms with Crippen LogP contribution in [-0.4, -0.2) is 19.3 Å². The highest BCUT2D eigenvalue weighted by atomic mass is 35.5. The number of benzene rings is 1. The molecule has 0 radical (unpaired) electrons. The van der Waals surface area contributed by atoms with E-state index in [4.69, 9.17) is 16.3 Å². The van der Waals surface area contributed by atoms with Crippen molar-refractivity contribution < 1.29 is 4.74 Å². The van der Waals surface area contributed by atoms with E-state index in [-0.39, 0.29) is 0 Å². The predicted molar refractivity (Wildman–Crippen MR) is 73.6 cm³/mol. The van der Waals surface area contributed by atoms with Crippen molar-refractivity contribution in [2.75, 3.05) is 13.2 Å². The fraction of sp³-hybridized carbons (Fsp3) is 0.571. The minimum absolute atomic E-state index is 0.320. The highest BCUT2D eigenvalue weighted by molar-refractivity contribution is 6.30. The van der Waals surface area contributed by atoms with Gasteiger partial charge in [0.25, 0.3) is 0 Å². The maximum Gasteiger partial charge on any atom is 0.0518 e. The van der Waals surface area contributed by atoms with Crippen molar-refractivity contribution in [3.63, 3.8) is 0 Å². The van der Waals surface area contributed by atoms with Crippen LogP contribution in [-0.2, 0) is 4.74 Å². The fourth-order valence-electron chi connectivity index (χ4n) is 1.60. The molecule has 96 valence electrons. The largest absolute Gasteiger partial charge is 0.379 e. The van der Waals surface area contributed by atoms with Crippen LogP contribution in [0.15, 0.2) is 24.3 Å². The zero-order chi connectivity index (χ0) is 12.7. The smallest absolute Gasteiger partial charge is 0.0518 e. The van der Waals surface area contributed by atoms with Crippen LogP contribution in [0.2, 0.25) is 5.02 Å². The molecule has 2 nitrogen and oxygen atoms in total. The van der Waals surface area contributed by atoms with Crippen LogP contribution in [0.5, 0.6) is 0 Å². The van der Waals surface area contributed by atoms with Crippen molar-refractivity contribution in [1.82, 2.24) is 5.32 Å². The summed E-state index contributed by atoms with van der Waals surface area (Å²) in [7, 11) is 0. The third kappa shape index (κ3) is 6.06. The molecule has 1 rings (SSSR count). The lowest BCUT2D eigenvalue weighted by molar-refractivity contribution is 0.0768. The third-order valence-electron chi connectivity index (χ3n) is 2.57. The van der Waals surface area contributed by atoms with Gasteiger partial charge in [-0.2, -0.15) is 0 Å². The average molecular weight is 256 g/mol. The topological polar surface area (TPSA) is 21.3 Å². The van der Waals surface area contributed by atoms with E-state index in [9.17, 15) is 0 Å². The lowest BCUT2D eigenvalue weighted by Crippen LogP contribution is -2.21. The van der Waals surface area contributed by atoms with Crippen LogP contribution >= 0.6 is 11.6 Å². The van der Waals surface area contributed by atoms with Gasteiger partial charge in [0.2, 0.25) is 0 Å². The van der Waals surface area contributed by atoms with Crippen LogP contribution in [0, 0.1) is 0 Å². The van der Waals surface area contributed by atoms with E-state index in [2.05, 4.69) is 32.2 Å². The normalized spacial score (nSPS) is 13.0. The van der Waals surface area contributed by atoms with Gasteiger partial charge in [-0.25, -0.2) is 0 Å². The standard InChI is InChI=1S/C14H22ClNO/c1-11(2)17-9-5-8-16-12(3)13-6-4-7-14(15)10-13/h4,6-7,10-12,16H,5,8-9H2,1-3H3. The van der Waals surface area contributed by atoms with E-state index in [1.54, 1.807) is 0 Å². The first-order chi connectivity index (χ1) is 8.09. The Kier molecular flexibility index (Phi) is 6.56. The van der Waals surface area contributed by atoms with Gasteiger partial charge in [0.1, 0.15) is 0 Å². The molecule has 17 heavy (non-hydrogen) atoms. The third-order valence-corrected chi connectivity index (χ3v) is 2.81. The monoisotopic (exact) mass is 255 g/mol. The molecule has 0 heterocycles. The van der Waals surface area contributed by atoms with Crippen LogP contribution in [0.3, 0.4) is 0 Å². The minimum atomic E-state index is 0.320. The molecule has 1 aromatic rings. The first-order valence-electron chi connectivity index (χ1n) is 6.20. The van der Waals surface area contributed by atoms with Crippen LogP contribution < -0.4 is 5.32 Å². The molecule has 1 N–H and O–H groups in total. The number of ether oxygens (including phenoxy) is 1. The molecule has 0 aliphatic carbocycles. The predicted octanol–water partition coefficient (Wildman–Crippen LogP) is 3.81. The maximum absolute atomic E-state index is 5.96. The highest BCUT2D eigenvalue weighted by Crippen LogP contribution is 2.17. The SMILES string of the molecule is CC(C)OCCCNC(C)c1cccc(Cl)c1. The lowest BCUT2D eigenvalue weighted by atomic mass is 10.1. The highest BCUT2D eigenvalue weighted by Gasteiger charge is 2.04. The Balaban J connectivity index is 2.23. The van der Waals surface area contributed by atoms with Crippen LogP contribution in [0.4, 0.5) is 0 Å². The van der Waals surface area contributed by atoms with Crippen molar-refractivity contribution in [3.05, 3.63) is 34.9 Å². The van der Waals surface area contributed by atoms with Gasteiger partial charge in [0.05, 0.1) is 6.10 Å². The Bertz CT molecular complexity index is 328. The molecule has 0 saturated heterocycles. The van der Waals surface area contributed by atoms with Crippen molar-refractivity contribution in [2.24, 2.45) is 0 Å². The second-order valence-corrected chi connectivity index (χ2v) is 4.94. The van der Waals surface area contributed by atoms with E-state index in [0.29, 0.717) is 12.1 Å². The molecule has 0 fully saturated rings. The van der Waals surface area contributed by atoms with Crippen molar-refractivity contribution in [1.29, 1.82) is 0 Å². The Hall–Kier alpha value is -0.570. The van der Waals surface area contributed by atoms with Gasteiger partial charge in [-0.05, 0) is 51.4 Å². The Morgan fingerprint density at radius 2 is 2.06 bits per heavy atom. The van der Waals surface area contributed by atoms with Crippen LogP contribution in [0.25, 0.3) is 0 Å². The fourth-order valence-corrected chi connectivity index (χ4v) is 1.80. The zero-order valence-electron chi connectivity index (χ0n) is 10.9. The Morgan fingerprint density at radius 3 is 2.71 bits per heavy atom. The number of rotatable bonds is 7. The molecule has 0 amide bonds. The summed E-state index contributed by atoms with van der Waals surface area (Å²) in [6.45, 7) is 8.03. The summed E-state index contributed by atoms with van der Waals surface area (Å²) in [5, 5.41) is 4.25. The molecular weight excluding hydrogens is 234 g/mol. The number of nitrogens with one attached hydrogen (secondary N) is 1. The summed E-state index contributed by atoms with van der Waals surface area (Å²) < 4.78 is 5.49. The number of hydrogen-bond donors (Lipinski definition) is 1. The van der Waals surface area contributed by atoms with E-state index in [1.807, 2.05) is 18.2 Å². The zero-order valence-corrected chi connectivity index (χ0v) is 11.6. The molecule has 0 aliphatic heterocycles. The summed E-state index contributed by atoms with van der Waals surface area (Å²) >= 11 is 5.96. The molecule has 0 aliphatic rings. The van der Waals surface area contributed by atoms with Gasteiger partial charge in [-0.1, -0.05) is 23.7 Å². The molecule has 3 heteroatoms. The molecule has 0 saturated carbocycles. The van der Waals surface area contributed by atoms with Gasteiger partial charge in [0.15, 0.2) is 0 Å². The van der Waals surface area contributed by atoms with E-state index in [1.165, 1.54) is 5.56 Å². The first-order valence-corrected chi connectivity index (χ1v) is 6.58. The number of halogens is 1. The first kappa shape index (κ1) is 14.5. The summed E-state index contributed by atoms with van der Waals surface area (Å²) in [6.07, 6.45) is 1.35. The molecule has 1 aromatic carbocycles. The van der Waals surface area contributed by atoms with Crippen LogP contribution in [0.1, 0.15) is 38.8 Å². The lowest BCUT2D eigenvalue weighted by Gasteiger charge is -2.15. The molecule has 0 spiro atoms. The van der Waals surface area contributed by atoms with Gasteiger partial charge >= 0.3 is 0 Å². The molecular formula is C14H22ClNO. The summed E-state index contributed by atoms with van der Waals surface area (Å²) in [5.41, 5.74) is 1.22. The van der Waals surface area contributed by atoms with Gasteiger partial charge in [-0.15, -0.1) is 0 Å². The molecule has 0 aromatic heterocycles. The van der Waals surface area contributed by atoms with Gasteiger partial charge in [-0.3, -0.25) is 0 Å². The van der Waals surface area contributed by atoms with E-state index < -0.39 is 0 Å². The summed E-state index contributed by atoms with van der Waals surface area (Å²) in [5.74, 6) is 0. The van der Waals surface area contributed by atoms with E-state index in [0.717, 1.165) is 24.6 Å². The number of hydrogen-bond acceptors (Lipinski definition) is 2. The van der Waals surface area contributed by atoms with Crippen molar-refractivity contribution in [2.45, 2.75) is 39.3 Å². The average Bonchev–Trinajstić information content (AvgIpc) is 2.28. The second-order valence-electron chi connectivity index (χ2n) is 4.50.